The second-order valence-corrected chi connectivity index (χ2v) is 3.56. The number of carbonyl (C=O) groups excluding carboxylic acids is 1. The molecule has 0 bridgehead atoms. The van der Waals surface area contributed by atoms with Crippen molar-refractivity contribution in [2.45, 2.75) is 13.0 Å². The first-order valence-electron chi connectivity index (χ1n) is 5.04. The maximum atomic E-state index is 10.6. The Kier molecular flexibility index (Phi) is 8.27. The molecule has 15 heavy (non-hydrogen) atoms. The number of hydrogen-bond donors (Lipinski definition) is 1. The van der Waals surface area contributed by atoms with Crippen LogP contribution in [0.4, 0.5) is 0 Å². The lowest BCUT2D eigenvalue weighted by molar-refractivity contribution is -0.119. The first-order chi connectivity index (χ1) is 7.10. The smallest absolute Gasteiger partial charge is 0.216 e. The molecule has 0 aliphatic rings. The third kappa shape index (κ3) is 8.35. The maximum absolute atomic E-state index is 10.6. The van der Waals surface area contributed by atoms with Crippen LogP contribution in [0.15, 0.2) is 0 Å². The molecule has 1 N–H and O–H groups in total. The molecule has 90 valence electrons. The molecule has 0 heterocycles. The average molecular weight is 218 g/mol. The molecule has 0 fully saturated rings. The van der Waals surface area contributed by atoms with E-state index >= 15 is 0 Å². The van der Waals surface area contributed by atoms with Crippen LogP contribution in [0, 0.1) is 0 Å². The predicted octanol–water partition coefficient (Wildman–Crippen LogP) is -0.284. The summed E-state index contributed by atoms with van der Waals surface area (Å²) < 4.78 is 10.3. The van der Waals surface area contributed by atoms with Crippen molar-refractivity contribution in [2.24, 2.45) is 0 Å². The fourth-order valence-electron chi connectivity index (χ4n) is 1.24. The van der Waals surface area contributed by atoms with Gasteiger partial charge in [-0.3, -0.25) is 4.79 Å². The van der Waals surface area contributed by atoms with Crippen LogP contribution in [-0.2, 0) is 14.3 Å². The predicted molar refractivity (Wildman–Crippen MR) is 58.9 cm³/mol. The summed E-state index contributed by atoms with van der Waals surface area (Å²) in [5.74, 6) is 0.00332. The molecule has 0 aromatic heterocycles. The Bertz CT molecular complexity index is 176. The molecule has 0 spiro atoms. The van der Waals surface area contributed by atoms with Gasteiger partial charge in [0.2, 0.25) is 5.91 Å². The summed E-state index contributed by atoms with van der Waals surface area (Å²) in [6.45, 7) is 4.37. The minimum atomic E-state index is 0.00332. The zero-order valence-electron chi connectivity index (χ0n) is 10.1. The summed E-state index contributed by atoms with van der Waals surface area (Å²) in [5.41, 5.74) is 0. The van der Waals surface area contributed by atoms with Gasteiger partial charge in [-0.05, 0) is 7.05 Å². The Morgan fingerprint density at radius 3 is 2.60 bits per heavy atom. The Morgan fingerprint density at radius 2 is 2.13 bits per heavy atom. The van der Waals surface area contributed by atoms with Gasteiger partial charge in [0.25, 0.3) is 0 Å². The van der Waals surface area contributed by atoms with E-state index in [1.54, 1.807) is 14.2 Å². The van der Waals surface area contributed by atoms with Crippen LogP contribution in [0.3, 0.4) is 0 Å². The minimum absolute atomic E-state index is 0.00332. The third-order valence-corrected chi connectivity index (χ3v) is 2.07. The summed E-state index contributed by atoms with van der Waals surface area (Å²) in [5, 5.41) is 2.75. The summed E-state index contributed by atoms with van der Waals surface area (Å²) in [4.78, 5) is 12.7. The number of carbonyl (C=O) groups is 1. The first kappa shape index (κ1) is 14.3. The normalized spacial score (nSPS) is 12.9. The van der Waals surface area contributed by atoms with E-state index in [1.807, 2.05) is 7.05 Å². The highest BCUT2D eigenvalue weighted by Crippen LogP contribution is 1.94. The molecule has 0 aliphatic carbocycles. The number of ether oxygens (including phenoxy) is 2. The number of amides is 1. The van der Waals surface area contributed by atoms with Gasteiger partial charge in [0.05, 0.1) is 12.7 Å². The number of likely N-dealkylation sites (N-methyl/N-ethyl adjacent to an activating group) is 1. The number of hydrogen-bond acceptors (Lipinski definition) is 4. The molecule has 1 atom stereocenters. The highest BCUT2D eigenvalue weighted by Gasteiger charge is 2.09. The first-order valence-corrected chi connectivity index (χ1v) is 5.04. The highest BCUT2D eigenvalue weighted by molar-refractivity contribution is 5.72. The largest absolute Gasteiger partial charge is 0.382 e. The molecule has 0 aromatic carbocycles. The van der Waals surface area contributed by atoms with Crippen LogP contribution in [0.25, 0.3) is 0 Å². The van der Waals surface area contributed by atoms with Crippen molar-refractivity contribution >= 4 is 5.91 Å². The standard InChI is InChI=1S/C10H22N2O3/c1-9(13)11-5-6-12(2)7-10(15-4)8-14-3/h10H,5-8H2,1-4H3,(H,11,13). The molecular formula is C10H22N2O3. The van der Waals surface area contributed by atoms with Crippen molar-refractivity contribution in [3.8, 4) is 0 Å². The van der Waals surface area contributed by atoms with Gasteiger partial charge < -0.3 is 19.7 Å². The van der Waals surface area contributed by atoms with Crippen LogP contribution in [0.5, 0.6) is 0 Å². The Labute approximate surface area is 91.7 Å². The molecule has 5 nitrogen and oxygen atoms in total. The van der Waals surface area contributed by atoms with Gasteiger partial charge in [0.15, 0.2) is 0 Å². The van der Waals surface area contributed by atoms with Crippen molar-refractivity contribution in [1.29, 1.82) is 0 Å². The molecule has 0 radical (unpaired) electrons. The van der Waals surface area contributed by atoms with E-state index in [4.69, 9.17) is 9.47 Å². The van der Waals surface area contributed by atoms with Crippen molar-refractivity contribution < 1.29 is 14.3 Å². The van der Waals surface area contributed by atoms with E-state index in [9.17, 15) is 4.79 Å². The fourth-order valence-corrected chi connectivity index (χ4v) is 1.24. The summed E-state index contributed by atoms with van der Waals surface area (Å²) in [7, 11) is 5.32. The number of rotatable bonds is 8. The molecule has 1 amide bonds. The zero-order chi connectivity index (χ0) is 11.7. The monoisotopic (exact) mass is 218 g/mol. The SMILES string of the molecule is COCC(CN(C)CCNC(C)=O)OC. The second-order valence-electron chi connectivity index (χ2n) is 3.56. The van der Waals surface area contributed by atoms with Crippen LogP contribution < -0.4 is 5.32 Å². The van der Waals surface area contributed by atoms with Gasteiger partial charge in [0.1, 0.15) is 0 Å². The van der Waals surface area contributed by atoms with E-state index in [-0.39, 0.29) is 12.0 Å². The van der Waals surface area contributed by atoms with E-state index in [1.165, 1.54) is 6.92 Å². The Balaban J connectivity index is 3.60. The maximum Gasteiger partial charge on any atom is 0.216 e. The molecule has 5 heteroatoms. The highest BCUT2D eigenvalue weighted by atomic mass is 16.5. The van der Waals surface area contributed by atoms with Crippen LogP contribution in [0.2, 0.25) is 0 Å². The minimum Gasteiger partial charge on any atom is -0.382 e. The van der Waals surface area contributed by atoms with Crippen LogP contribution in [0.1, 0.15) is 6.92 Å². The van der Waals surface area contributed by atoms with E-state index in [0.29, 0.717) is 13.2 Å². The molecule has 0 aromatic rings. The van der Waals surface area contributed by atoms with Gasteiger partial charge in [0, 0.05) is 40.8 Å². The molecule has 1 unspecified atom stereocenters. The average Bonchev–Trinajstić information content (AvgIpc) is 2.16. The van der Waals surface area contributed by atoms with Gasteiger partial charge in [-0.2, -0.15) is 0 Å². The van der Waals surface area contributed by atoms with E-state index in [0.717, 1.165) is 13.1 Å². The lowest BCUT2D eigenvalue weighted by Crippen LogP contribution is -2.38. The van der Waals surface area contributed by atoms with Gasteiger partial charge in [-0.1, -0.05) is 0 Å². The lowest BCUT2D eigenvalue weighted by Gasteiger charge is -2.22. The summed E-state index contributed by atoms with van der Waals surface area (Å²) in [6.07, 6.45) is 0.0809. The molecule has 0 saturated carbocycles. The topological polar surface area (TPSA) is 50.8 Å². The van der Waals surface area contributed by atoms with Gasteiger partial charge >= 0.3 is 0 Å². The second kappa shape index (κ2) is 8.64. The van der Waals surface area contributed by atoms with Crippen molar-refractivity contribution in [2.75, 3.05) is 47.5 Å². The molecular weight excluding hydrogens is 196 g/mol. The van der Waals surface area contributed by atoms with Crippen molar-refractivity contribution in [3.05, 3.63) is 0 Å². The Morgan fingerprint density at radius 1 is 1.47 bits per heavy atom. The van der Waals surface area contributed by atoms with Gasteiger partial charge in [-0.15, -0.1) is 0 Å². The fraction of sp³-hybridized carbons (Fsp3) is 0.900. The van der Waals surface area contributed by atoms with Crippen molar-refractivity contribution in [3.63, 3.8) is 0 Å². The third-order valence-electron chi connectivity index (χ3n) is 2.07. The molecule has 0 aliphatic heterocycles. The molecule has 0 rings (SSSR count). The summed E-state index contributed by atoms with van der Waals surface area (Å²) >= 11 is 0. The quantitative estimate of drug-likeness (QED) is 0.608. The van der Waals surface area contributed by atoms with Gasteiger partial charge in [-0.25, -0.2) is 0 Å². The Hall–Kier alpha value is -0.650. The number of methoxy groups -OCH3 is 2. The van der Waals surface area contributed by atoms with E-state index in [2.05, 4.69) is 10.2 Å². The van der Waals surface area contributed by atoms with Crippen LogP contribution in [-0.4, -0.2) is 64.4 Å². The molecule has 0 saturated heterocycles. The van der Waals surface area contributed by atoms with Crippen molar-refractivity contribution in [1.82, 2.24) is 10.2 Å². The lowest BCUT2D eigenvalue weighted by atomic mass is 10.3. The number of nitrogens with zero attached hydrogens (tertiary/aromatic N) is 1. The summed E-state index contributed by atoms with van der Waals surface area (Å²) in [6, 6.07) is 0. The zero-order valence-corrected chi connectivity index (χ0v) is 10.1. The number of nitrogens with one attached hydrogen (secondary N) is 1. The van der Waals surface area contributed by atoms with E-state index < -0.39 is 0 Å². The van der Waals surface area contributed by atoms with Crippen LogP contribution >= 0.6 is 0 Å².